The summed E-state index contributed by atoms with van der Waals surface area (Å²) in [4.78, 5) is 6.38. The first-order valence-corrected chi connectivity index (χ1v) is 5.75. The third-order valence-electron chi connectivity index (χ3n) is 2.72. The van der Waals surface area contributed by atoms with Crippen molar-refractivity contribution in [2.24, 2.45) is 10.9 Å². The Bertz CT molecular complexity index is 390. The summed E-state index contributed by atoms with van der Waals surface area (Å²) in [5.74, 6) is 0.0412. The van der Waals surface area contributed by atoms with Crippen LogP contribution in [0, 0.1) is 0 Å². The third-order valence-corrected chi connectivity index (χ3v) is 2.72. The minimum Gasteiger partial charge on any atom is -0.409 e. The first kappa shape index (κ1) is 13.4. The lowest BCUT2D eigenvalue weighted by molar-refractivity contribution is 0.225. The topological polar surface area (TPSA) is 74.7 Å². The maximum atomic E-state index is 8.61. The van der Waals surface area contributed by atoms with Crippen LogP contribution in [-0.4, -0.2) is 33.5 Å². The Balaban J connectivity index is 2.85. The van der Waals surface area contributed by atoms with E-state index in [1.807, 2.05) is 12.1 Å². The molecule has 5 heteroatoms. The van der Waals surface area contributed by atoms with Gasteiger partial charge in [0.1, 0.15) is 5.69 Å². The molecule has 0 spiro atoms. The van der Waals surface area contributed by atoms with Crippen LogP contribution in [0.2, 0.25) is 0 Å². The highest BCUT2D eigenvalue weighted by atomic mass is 16.4. The van der Waals surface area contributed by atoms with Crippen molar-refractivity contribution in [3.63, 3.8) is 0 Å². The van der Waals surface area contributed by atoms with E-state index < -0.39 is 0 Å². The van der Waals surface area contributed by atoms with Crippen LogP contribution in [0.15, 0.2) is 23.5 Å². The van der Waals surface area contributed by atoms with Gasteiger partial charge < -0.3 is 10.9 Å². The molecule has 0 radical (unpaired) electrons. The van der Waals surface area contributed by atoms with Crippen LogP contribution in [0.5, 0.6) is 0 Å². The Kier molecular flexibility index (Phi) is 4.90. The van der Waals surface area contributed by atoms with Gasteiger partial charge in [-0.15, -0.1) is 0 Å². The summed E-state index contributed by atoms with van der Waals surface area (Å²) in [6.45, 7) is 8.28. The van der Waals surface area contributed by atoms with Crippen LogP contribution in [-0.2, 0) is 6.54 Å². The lowest BCUT2D eigenvalue weighted by Crippen LogP contribution is -2.30. The molecule has 94 valence electrons. The van der Waals surface area contributed by atoms with E-state index >= 15 is 0 Å². The van der Waals surface area contributed by atoms with Gasteiger partial charge in [-0.1, -0.05) is 12.1 Å². The Hall–Kier alpha value is -1.62. The quantitative estimate of drug-likeness (QED) is 0.351. The van der Waals surface area contributed by atoms with Gasteiger partial charge in [-0.3, -0.25) is 9.88 Å². The molecule has 0 unspecified atom stereocenters. The smallest absolute Gasteiger partial charge is 0.188 e. The molecule has 5 nitrogen and oxygen atoms in total. The van der Waals surface area contributed by atoms with Crippen molar-refractivity contribution in [1.82, 2.24) is 9.88 Å². The molecule has 0 saturated heterocycles. The fraction of sp³-hybridized carbons (Fsp3) is 0.500. The Morgan fingerprint density at radius 3 is 2.82 bits per heavy atom. The summed E-state index contributed by atoms with van der Waals surface area (Å²) in [7, 11) is 0. The molecule has 1 aromatic rings. The molecule has 0 fully saturated rings. The van der Waals surface area contributed by atoms with Gasteiger partial charge in [0.25, 0.3) is 0 Å². The molecule has 17 heavy (non-hydrogen) atoms. The average molecular weight is 236 g/mol. The molecule has 3 N–H and O–H groups in total. The predicted molar refractivity (Wildman–Crippen MR) is 68.0 cm³/mol. The van der Waals surface area contributed by atoms with Crippen LogP contribution in [0.4, 0.5) is 0 Å². The van der Waals surface area contributed by atoms with Crippen LogP contribution in [0.25, 0.3) is 0 Å². The Morgan fingerprint density at radius 1 is 1.59 bits per heavy atom. The number of aromatic nitrogens is 1. The van der Waals surface area contributed by atoms with Gasteiger partial charge >= 0.3 is 0 Å². The zero-order chi connectivity index (χ0) is 12.8. The summed E-state index contributed by atoms with van der Waals surface area (Å²) in [6, 6.07) is 4.28. The van der Waals surface area contributed by atoms with E-state index in [2.05, 4.69) is 35.8 Å². The zero-order valence-corrected chi connectivity index (χ0v) is 10.6. The second-order valence-electron chi connectivity index (χ2n) is 4.19. The van der Waals surface area contributed by atoms with Gasteiger partial charge in [0, 0.05) is 18.8 Å². The highest BCUT2D eigenvalue weighted by Gasteiger charge is 2.09. The van der Waals surface area contributed by atoms with Gasteiger partial charge in [-0.05, 0) is 38.1 Å². The molecule has 0 atom stereocenters. The Labute approximate surface area is 102 Å². The molecule has 0 aliphatic carbocycles. The summed E-state index contributed by atoms with van der Waals surface area (Å²) < 4.78 is 0. The average Bonchev–Trinajstić information content (AvgIpc) is 2.34. The molecule has 0 bridgehead atoms. The normalized spacial score (nSPS) is 12.4. The van der Waals surface area contributed by atoms with Crippen LogP contribution < -0.4 is 5.73 Å². The number of oxime groups is 1. The SMILES string of the molecule is CCN(Cc1ccnc(C(N)=NO)c1)C(C)C. The summed E-state index contributed by atoms with van der Waals surface area (Å²) >= 11 is 0. The maximum Gasteiger partial charge on any atom is 0.188 e. The van der Waals surface area contributed by atoms with Crippen molar-refractivity contribution >= 4 is 5.84 Å². The van der Waals surface area contributed by atoms with Gasteiger partial charge in [0.15, 0.2) is 5.84 Å². The maximum absolute atomic E-state index is 8.61. The molecule has 0 aliphatic heterocycles. The van der Waals surface area contributed by atoms with Crippen LogP contribution in [0.3, 0.4) is 0 Å². The van der Waals surface area contributed by atoms with Gasteiger partial charge in [0.05, 0.1) is 0 Å². The number of amidine groups is 1. The molecule has 1 aromatic heterocycles. The van der Waals surface area contributed by atoms with Crippen LogP contribution >= 0.6 is 0 Å². The predicted octanol–water partition coefficient (Wildman–Crippen LogP) is 1.41. The van der Waals surface area contributed by atoms with Gasteiger partial charge in [0.2, 0.25) is 0 Å². The molecule has 1 heterocycles. The van der Waals surface area contributed by atoms with Crippen molar-refractivity contribution in [3.8, 4) is 0 Å². The minimum absolute atomic E-state index is 0.0412. The van der Waals surface area contributed by atoms with E-state index in [4.69, 9.17) is 10.9 Å². The van der Waals surface area contributed by atoms with Crippen LogP contribution in [0.1, 0.15) is 32.0 Å². The lowest BCUT2D eigenvalue weighted by atomic mass is 10.2. The number of rotatable bonds is 5. The van der Waals surface area contributed by atoms with Crippen molar-refractivity contribution in [2.45, 2.75) is 33.4 Å². The number of hydrogen-bond donors (Lipinski definition) is 2. The molecule has 1 rings (SSSR count). The zero-order valence-electron chi connectivity index (χ0n) is 10.6. The molecule has 0 aliphatic rings. The largest absolute Gasteiger partial charge is 0.409 e. The summed E-state index contributed by atoms with van der Waals surface area (Å²) in [6.07, 6.45) is 1.68. The minimum atomic E-state index is 0.0412. The number of nitrogens with zero attached hydrogens (tertiary/aromatic N) is 3. The summed E-state index contributed by atoms with van der Waals surface area (Å²) in [5, 5.41) is 11.6. The van der Waals surface area contributed by atoms with E-state index in [0.29, 0.717) is 11.7 Å². The fourth-order valence-electron chi connectivity index (χ4n) is 1.66. The van der Waals surface area contributed by atoms with Gasteiger partial charge in [-0.2, -0.15) is 0 Å². The first-order valence-electron chi connectivity index (χ1n) is 5.75. The van der Waals surface area contributed by atoms with E-state index in [0.717, 1.165) is 18.7 Å². The molecular weight excluding hydrogens is 216 g/mol. The van der Waals surface area contributed by atoms with Crippen molar-refractivity contribution in [3.05, 3.63) is 29.6 Å². The second kappa shape index (κ2) is 6.20. The van der Waals surface area contributed by atoms with Crippen molar-refractivity contribution in [2.75, 3.05) is 6.54 Å². The van der Waals surface area contributed by atoms with E-state index in [1.165, 1.54) is 0 Å². The Morgan fingerprint density at radius 2 is 2.29 bits per heavy atom. The number of hydrogen-bond acceptors (Lipinski definition) is 4. The number of pyridine rings is 1. The molecule has 0 saturated carbocycles. The first-order chi connectivity index (χ1) is 8.08. The fourth-order valence-corrected chi connectivity index (χ4v) is 1.66. The van der Waals surface area contributed by atoms with Gasteiger partial charge in [-0.25, -0.2) is 0 Å². The van der Waals surface area contributed by atoms with E-state index in [9.17, 15) is 0 Å². The second-order valence-corrected chi connectivity index (χ2v) is 4.19. The highest BCUT2D eigenvalue weighted by molar-refractivity contribution is 5.95. The monoisotopic (exact) mass is 236 g/mol. The lowest BCUT2D eigenvalue weighted by Gasteiger charge is -2.24. The standard InChI is InChI=1S/C12H20N4O/c1-4-16(9(2)3)8-10-5-6-14-11(7-10)12(13)15-17/h5-7,9,17H,4,8H2,1-3H3,(H2,13,15). The summed E-state index contributed by atoms with van der Waals surface area (Å²) in [5.41, 5.74) is 7.12. The van der Waals surface area contributed by atoms with Crippen molar-refractivity contribution < 1.29 is 5.21 Å². The van der Waals surface area contributed by atoms with Crippen molar-refractivity contribution in [1.29, 1.82) is 0 Å². The van der Waals surface area contributed by atoms with E-state index in [1.54, 1.807) is 6.20 Å². The third kappa shape index (κ3) is 3.71. The molecular formula is C12H20N4O. The molecule has 0 aromatic carbocycles. The molecule has 0 amide bonds. The number of nitrogens with two attached hydrogens (primary N) is 1. The highest BCUT2D eigenvalue weighted by Crippen LogP contribution is 2.08. The van der Waals surface area contributed by atoms with E-state index in [-0.39, 0.29) is 5.84 Å².